The molecule has 3 rings (SSSR count). The van der Waals surface area contributed by atoms with Crippen LogP contribution in [0, 0.1) is 0 Å². The number of aromatic amines is 1. The van der Waals surface area contributed by atoms with E-state index in [4.69, 9.17) is 4.74 Å². The van der Waals surface area contributed by atoms with Crippen molar-refractivity contribution in [2.45, 2.75) is 24.1 Å². The molecular formula is C11H13N3OS2. The third-order valence-electron chi connectivity index (χ3n) is 2.64. The summed E-state index contributed by atoms with van der Waals surface area (Å²) in [6.45, 7) is 0.902. The molecular weight excluding hydrogens is 254 g/mol. The summed E-state index contributed by atoms with van der Waals surface area (Å²) in [6.07, 6.45) is 2.72. The van der Waals surface area contributed by atoms with E-state index in [9.17, 15) is 0 Å². The summed E-state index contributed by atoms with van der Waals surface area (Å²) >= 11 is 3.33. The Kier molecular flexibility index (Phi) is 3.44. The predicted molar refractivity (Wildman–Crippen MR) is 69.4 cm³/mol. The van der Waals surface area contributed by atoms with Gasteiger partial charge in [0.25, 0.3) is 0 Å². The molecule has 2 aromatic rings. The van der Waals surface area contributed by atoms with Crippen molar-refractivity contribution in [1.29, 1.82) is 0 Å². The van der Waals surface area contributed by atoms with Gasteiger partial charge in [0, 0.05) is 12.4 Å². The van der Waals surface area contributed by atoms with E-state index in [0.29, 0.717) is 6.10 Å². The third kappa shape index (κ3) is 2.70. The van der Waals surface area contributed by atoms with Gasteiger partial charge in [0.1, 0.15) is 0 Å². The number of thiophene rings is 1. The second-order valence-corrected chi connectivity index (χ2v) is 5.82. The highest BCUT2D eigenvalue weighted by molar-refractivity contribution is 7.99. The van der Waals surface area contributed by atoms with Crippen molar-refractivity contribution in [2.24, 2.45) is 0 Å². The number of hydrogen-bond donors (Lipinski definition) is 1. The molecule has 4 nitrogen and oxygen atoms in total. The standard InChI is InChI=1S/C11H13N3OS2/c1-3-8(15-5-1)7-17-11-12-10(13-14-11)9-4-2-6-16-9/h2,4,6,8H,1,3,5,7H2,(H,12,13,14). The van der Waals surface area contributed by atoms with Gasteiger partial charge in [0.15, 0.2) is 5.82 Å². The Morgan fingerprint density at radius 1 is 1.59 bits per heavy atom. The Morgan fingerprint density at radius 3 is 3.35 bits per heavy atom. The Balaban J connectivity index is 1.60. The zero-order valence-corrected chi connectivity index (χ0v) is 10.9. The second-order valence-electron chi connectivity index (χ2n) is 3.89. The van der Waals surface area contributed by atoms with E-state index in [1.165, 1.54) is 6.42 Å². The number of hydrogen-bond acceptors (Lipinski definition) is 5. The molecule has 1 saturated heterocycles. The first-order chi connectivity index (χ1) is 8.42. The lowest BCUT2D eigenvalue weighted by atomic mass is 10.3. The molecule has 0 amide bonds. The maximum atomic E-state index is 5.57. The Labute approximate surface area is 108 Å². The molecule has 0 aromatic carbocycles. The minimum Gasteiger partial charge on any atom is -0.377 e. The van der Waals surface area contributed by atoms with Crippen molar-refractivity contribution < 1.29 is 4.74 Å². The molecule has 3 heterocycles. The minimum absolute atomic E-state index is 0.378. The van der Waals surface area contributed by atoms with Gasteiger partial charge in [0.2, 0.25) is 5.16 Å². The highest BCUT2D eigenvalue weighted by atomic mass is 32.2. The largest absolute Gasteiger partial charge is 0.377 e. The lowest BCUT2D eigenvalue weighted by molar-refractivity contribution is 0.129. The molecule has 1 aliphatic rings. The number of aromatic nitrogens is 3. The van der Waals surface area contributed by atoms with Gasteiger partial charge in [-0.05, 0) is 24.3 Å². The van der Waals surface area contributed by atoms with Crippen molar-refractivity contribution in [3.63, 3.8) is 0 Å². The fourth-order valence-corrected chi connectivity index (χ4v) is 3.31. The molecule has 6 heteroatoms. The second kappa shape index (κ2) is 5.20. The average molecular weight is 267 g/mol. The maximum Gasteiger partial charge on any atom is 0.208 e. The Hall–Kier alpha value is -0.850. The highest BCUT2D eigenvalue weighted by Gasteiger charge is 2.16. The van der Waals surface area contributed by atoms with Gasteiger partial charge >= 0.3 is 0 Å². The topological polar surface area (TPSA) is 50.8 Å². The summed E-state index contributed by atoms with van der Waals surface area (Å²) in [5.74, 6) is 1.80. The molecule has 0 aliphatic carbocycles. The van der Waals surface area contributed by atoms with E-state index in [1.807, 2.05) is 17.5 Å². The van der Waals surface area contributed by atoms with Crippen LogP contribution >= 0.6 is 23.1 Å². The summed E-state index contributed by atoms with van der Waals surface area (Å²) in [7, 11) is 0. The minimum atomic E-state index is 0.378. The van der Waals surface area contributed by atoms with Crippen LogP contribution < -0.4 is 0 Å². The fraction of sp³-hybridized carbons (Fsp3) is 0.455. The van der Waals surface area contributed by atoms with Gasteiger partial charge in [-0.2, -0.15) is 0 Å². The number of thioether (sulfide) groups is 1. The number of rotatable bonds is 4. The van der Waals surface area contributed by atoms with E-state index in [1.54, 1.807) is 23.1 Å². The normalized spacial score (nSPS) is 19.9. The van der Waals surface area contributed by atoms with Gasteiger partial charge < -0.3 is 4.74 Å². The van der Waals surface area contributed by atoms with Gasteiger partial charge in [-0.3, -0.25) is 5.10 Å². The van der Waals surface area contributed by atoms with Crippen LogP contribution in [0.15, 0.2) is 22.7 Å². The van der Waals surface area contributed by atoms with Crippen LogP contribution in [0.4, 0.5) is 0 Å². The quantitative estimate of drug-likeness (QED) is 0.865. The first kappa shape index (κ1) is 11.3. The maximum absolute atomic E-state index is 5.57. The van der Waals surface area contributed by atoms with Crippen molar-refractivity contribution >= 4 is 23.1 Å². The number of ether oxygens (including phenoxy) is 1. The molecule has 0 saturated carbocycles. The van der Waals surface area contributed by atoms with E-state index in [-0.39, 0.29) is 0 Å². The number of nitrogens with one attached hydrogen (secondary N) is 1. The summed E-state index contributed by atoms with van der Waals surface area (Å²) in [5.41, 5.74) is 0. The zero-order chi connectivity index (χ0) is 11.5. The number of H-pyrrole nitrogens is 1. The van der Waals surface area contributed by atoms with Crippen LogP contribution in [0.5, 0.6) is 0 Å². The molecule has 1 unspecified atom stereocenters. The van der Waals surface area contributed by atoms with E-state index in [2.05, 4.69) is 15.2 Å². The molecule has 1 fully saturated rings. The van der Waals surface area contributed by atoms with Crippen LogP contribution in [0.1, 0.15) is 12.8 Å². The van der Waals surface area contributed by atoms with E-state index >= 15 is 0 Å². The van der Waals surface area contributed by atoms with Gasteiger partial charge in [0.05, 0.1) is 11.0 Å². The van der Waals surface area contributed by atoms with Gasteiger partial charge in [-0.15, -0.1) is 16.4 Å². The summed E-state index contributed by atoms with van der Waals surface area (Å²) in [6, 6.07) is 4.06. The molecule has 1 aliphatic heterocycles. The third-order valence-corrected chi connectivity index (χ3v) is 4.50. The predicted octanol–water partition coefficient (Wildman–Crippen LogP) is 2.80. The molecule has 2 aromatic heterocycles. The van der Waals surface area contributed by atoms with Crippen molar-refractivity contribution in [2.75, 3.05) is 12.4 Å². The zero-order valence-electron chi connectivity index (χ0n) is 9.26. The Morgan fingerprint density at radius 2 is 2.59 bits per heavy atom. The lowest BCUT2D eigenvalue weighted by Crippen LogP contribution is -2.07. The Bertz CT molecular complexity index is 463. The summed E-state index contributed by atoms with van der Waals surface area (Å²) in [4.78, 5) is 5.59. The molecule has 0 spiro atoms. The SMILES string of the molecule is c1csc(-c2nc(SCC3CCCO3)n[nH]2)c1. The summed E-state index contributed by atoms with van der Waals surface area (Å²) in [5, 5.41) is 10.0. The van der Waals surface area contributed by atoms with Gasteiger partial charge in [-0.25, -0.2) is 4.98 Å². The van der Waals surface area contributed by atoms with Crippen LogP contribution in [0.3, 0.4) is 0 Å². The lowest BCUT2D eigenvalue weighted by Gasteiger charge is -2.05. The van der Waals surface area contributed by atoms with Crippen LogP contribution in [0.2, 0.25) is 0 Å². The molecule has 0 bridgehead atoms. The molecule has 90 valence electrons. The molecule has 1 atom stereocenters. The molecule has 1 N–H and O–H groups in total. The van der Waals surface area contributed by atoms with Crippen molar-refractivity contribution in [3.8, 4) is 10.7 Å². The van der Waals surface area contributed by atoms with E-state index in [0.717, 1.165) is 34.6 Å². The average Bonchev–Trinajstić information content (AvgIpc) is 3.09. The first-order valence-electron chi connectivity index (χ1n) is 5.62. The van der Waals surface area contributed by atoms with Gasteiger partial charge in [-0.1, -0.05) is 17.8 Å². The molecule has 0 radical (unpaired) electrons. The van der Waals surface area contributed by atoms with E-state index < -0.39 is 0 Å². The van der Waals surface area contributed by atoms with Crippen LogP contribution in [0.25, 0.3) is 10.7 Å². The van der Waals surface area contributed by atoms with Crippen LogP contribution in [-0.4, -0.2) is 33.6 Å². The van der Waals surface area contributed by atoms with Crippen LogP contribution in [-0.2, 0) is 4.74 Å². The first-order valence-corrected chi connectivity index (χ1v) is 7.49. The monoisotopic (exact) mass is 267 g/mol. The molecule has 17 heavy (non-hydrogen) atoms. The van der Waals surface area contributed by atoms with Crippen molar-refractivity contribution in [3.05, 3.63) is 17.5 Å². The number of nitrogens with zero attached hydrogens (tertiary/aromatic N) is 2. The smallest absolute Gasteiger partial charge is 0.208 e. The fourth-order valence-electron chi connectivity index (χ4n) is 1.78. The summed E-state index contributed by atoms with van der Waals surface area (Å²) < 4.78 is 5.57. The van der Waals surface area contributed by atoms with Crippen molar-refractivity contribution in [1.82, 2.24) is 15.2 Å². The highest BCUT2D eigenvalue weighted by Crippen LogP contribution is 2.25.